The molecule has 4 nitrogen and oxygen atoms in total. The smallest absolute Gasteiger partial charge is 0.182 e. The molecule has 0 aliphatic heterocycles. The Morgan fingerprint density at radius 1 is 1.24 bits per heavy atom. The molecular weight excluding hydrogens is 212 g/mol. The molecule has 1 heterocycles. The lowest BCUT2D eigenvalue weighted by Gasteiger charge is -2.07. The lowest BCUT2D eigenvalue weighted by atomic mass is 10.0. The summed E-state index contributed by atoms with van der Waals surface area (Å²) in [5, 5.41) is 12.2. The van der Waals surface area contributed by atoms with Gasteiger partial charge in [0.1, 0.15) is 6.07 Å². The summed E-state index contributed by atoms with van der Waals surface area (Å²) in [4.78, 5) is 8.13. The van der Waals surface area contributed by atoms with Gasteiger partial charge in [0.2, 0.25) is 0 Å². The van der Waals surface area contributed by atoms with Gasteiger partial charge in [0.05, 0.1) is 0 Å². The normalized spacial score (nSPS) is 20.6. The summed E-state index contributed by atoms with van der Waals surface area (Å²) >= 11 is 0. The van der Waals surface area contributed by atoms with Crippen molar-refractivity contribution in [1.29, 1.82) is 5.26 Å². The van der Waals surface area contributed by atoms with Gasteiger partial charge in [-0.1, -0.05) is 27.7 Å². The highest BCUT2D eigenvalue weighted by atomic mass is 15.0. The summed E-state index contributed by atoms with van der Waals surface area (Å²) in [7, 11) is 0. The van der Waals surface area contributed by atoms with Crippen LogP contribution in [0.15, 0.2) is 12.4 Å². The van der Waals surface area contributed by atoms with Crippen LogP contribution in [0.5, 0.6) is 0 Å². The zero-order chi connectivity index (χ0) is 12.7. The second kappa shape index (κ2) is 3.69. The number of hydrogen-bond acceptors (Lipinski definition) is 4. The SMILES string of the molecule is CC1(C)C(CNc2nccnc2C#N)C1(C)C. The van der Waals surface area contributed by atoms with Crippen LogP contribution in [0.25, 0.3) is 0 Å². The topological polar surface area (TPSA) is 61.6 Å². The Hall–Kier alpha value is -1.63. The van der Waals surface area contributed by atoms with Gasteiger partial charge in [0, 0.05) is 18.9 Å². The minimum absolute atomic E-state index is 0.342. The summed E-state index contributed by atoms with van der Waals surface area (Å²) in [5.41, 5.74) is 1.05. The lowest BCUT2D eigenvalue weighted by Crippen LogP contribution is -2.11. The molecule has 0 spiro atoms. The molecule has 1 aromatic rings. The second-order valence-electron chi connectivity index (χ2n) is 5.74. The van der Waals surface area contributed by atoms with Crippen LogP contribution in [0.4, 0.5) is 5.82 Å². The molecule has 1 aliphatic carbocycles. The minimum atomic E-state index is 0.342. The summed E-state index contributed by atoms with van der Waals surface area (Å²) in [6, 6.07) is 2.05. The molecule has 0 unspecified atom stereocenters. The molecule has 1 fully saturated rings. The fourth-order valence-electron chi connectivity index (χ4n) is 2.59. The van der Waals surface area contributed by atoms with E-state index in [0.29, 0.717) is 28.3 Å². The summed E-state index contributed by atoms with van der Waals surface area (Å²) in [6.07, 6.45) is 3.14. The average Bonchev–Trinajstić information content (AvgIpc) is 2.67. The van der Waals surface area contributed by atoms with Gasteiger partial charge >= 0.3 is 0 Å². The summed E-state index contributed by atoms with van der Waals surface area (Å²) in [6.45, 7) is 9.96. The number of nitrogens with zero attached hydrogens (tertiary/aromatic N) is 3. The predicted molar refractivity (Wildman–Crippen MR) is 66.3 cm³/mol. The molecule has 0 atom stereocenters. The van der Waals surface area contributed by atoms with Crippen LogP contribution >= 0.6 is 0 Å². The largest absolute Gasteiger partial charge is 0.367 e. The Morgan fingerprint density at radius 3 is 2.35 bits per heavy atom. The molecule has 1 saturated carbocycles. The average molecular weight is 230 g/mol. The number of hydrogen-bond donors (Lipinski definition) is 1. The maximum atomic E-state index is 8.91. The van der Waals surface area contributed by atoms with Crippen molar-refractivity contribution in [2.45, 2.75) is 27.7 Å². The van der Waals surface area contributed by atoms with Crippen LogP contribution in [0.1, 0.15) is 33.4 Å². The van der Waals surface area contributed by atoms with Crippen molar-refractivity contribution in [2.24, 2.45) is 16.7 Å². The monoisotopic (exact) mass is 230 g/mol. The molecular formula is C13H18N4. The summed E-state index contributed by atoms with van der Waals surface area (Å²) < 4.78 is 0. The summed E-state index contributed by atoms with van der Waals surface area (Å²) in [5.74, 6) is 1.19. The van der Waals surface area contributed by atoms with Crippen molar-refractivity contribution in [2.75, 3.05) is 11.9 Å². The number of nitrogens with one attached hydrogen (secondary N) is 1. The molecule has 90 valence electrons. The van der Waals surface area contributed by atoms with Crippen LogP contribution in [-0.4, -0.2) is 16.5 Å². The fourth-order valence-corrected chi connectivity index (χ4v) is 2.59. The van der Waals surface area contributed by atoms with Crippen molar-refractivity contribution in [3.8, 4) is 6.07 Å². The van der Waals surface area contributed by atoms with E-state index in [1.54, 1.807) is 6.20 Å². The third-order valence-corrected chi connectivity index (χ3v) is 4.60. The maximum absolute atomic E-state index is 8.91. The van der Waals surface area contributed by atoms with E-state index < -0.39 is 0 Å². The van der Waals surface area contributed by atoms with Gasteiger partial charge < -0.3 is 5.32 Å². The first kappa shape index (κ1) is 11.8. The van der Waals surface area contributed by atoms with Gasteiger partial charge in [-0.2, -0.15) is 5.26 Å². The zero-order valence-electron chi connectivity index (χ0n) is 10.8. The standard InChI is InChI=1S/C13H18N4/c1-12(2)10(13(12,3)4)8-17-11-9(7-14)15-5-6-16-11/h5-6,10H,8H2,1-4H3,(H,16,17). The van der Waals surface area contributed by atoms with Gasteiger partial charge in [-0.15, -0.1) is 0 Å². The first-order valence-corrected chi connectivity index (χ1v) is 5.86. The van der Waals surface area contributed by atoms with Crippen LogP contribution in [0.3, 0.4) is 0 Å². The van der Waals surface area contributed by atoms with Crippen LogP contribution in [0.2, 0.25) is 0 Å². The van der Waals surface area contributed by atoms with E-state index in [9.17, 15) is 0 Å². The van der Waals surface area contributed by atoms with E-state index in [1.807, 2.05) is 6.07 Å². The van der Waals surface area contributed by atoms with E-state index in [-0.39, 0.29) is 0 Å². The van der Waals surface area contributed by atoms with Crippen molar-refractivity contribution < 1.29 is 0 Å². The van der Waals surface area contributed by atoms with Crippen LogP contribution in [0, 0.1) is 28.1 Å². The zero-order valence-corrected chi connectivity index (χ0v) is 10.8. The van der Waals surface area contributed by atoms with Crippen molar-refractivity contribution in [3.63, 3.8) is 0 Å². The fraction of sp³-hybridized carbons (Fsp3) is 0.615. The van der Waals surface area contributed by atoms with E-state index in [1.165, 1.54) is 6.20 Å². The molecule has 1 aliphatic rings. The maximum Gasteiger partial charge on any atom is 0.182 e. The highest BCUT2D eigenvalue weighted by Crippen LogP contribution is 2.68. The molecule has 0 amide bonds. The molecule has 17 heavy (non-hydrogen) atoms. The minimum Gasteiger partial charge on any atom is -0.367 e. The van der Waals surface area contributed by atoms with Gasteiger partial charge in [0.15, 0.2) is 11.5 Å². The van der Waals surface area contributed by atoms with Gasteiger partial charge in [-0.3, -0.25) is 0 Å². The van der Waals surface area contributed by atoms with Gasteiger partial charge in [0.25, 0.3) is 0 Å². The Labute approximate surface area is 102 Å². The van der Waals surface area contributed by atoms with Gasteiger partial charge in [-0.25, -0.2) is 9.97 Å². The Bertz CT molecular complexity index is 457. The van der Waals surface area contributed by atoms with Crippen LogP contribution < -0.4 is 5.32 Å². The van der Waals surface area contributed by atoms with Crippen molar-refractivity contribution >= 4 is 5.82 Å². The Morgan fingerprint density at radius 2 is 1.82 bits per heavy atom. The van der Waals surface area contributed by atoms with E-state index in [0.717, 1.165) is 6.54 Å². The highest BCUT2D eigenvalue weighted by molar-refractivity contribution is 5.47. The number of nitriles is 1. The molecule has 0 aromatic carbocycles. The molecule has 2 rings (SSSR count). The molecule has 0 radical (unpaired) electrons. The Balaban J connectivity index is 2.04. The third kappa shape index (κ3) is 1.76. The predicted octanol–water partition coefficient (Wildman–Crippen LogP) is 2.44. The molecule has 0 saturated heterocycles. The van der Waals surface area contributed by atoms with E-state index in [4.69, 9.17) is 5.26 Å². The second-order valence-corrected chi connectivity index (χ2v) is 5.74. The molecule has 4 heteroatoms. The quantitative estimate of drug-likeness (QED) is 0.866. The molecule has 1 aromatic heterocycles. The Kier molecular flexibility index (Phi) is 2.57. The lowest BCUT2D eigenvalue weighted by molar-refractivity contribution is 0.457. The molecule has 0 bridgehead atoms. The first-order chi connectivity index (χ1) is 7.91. The number of rotatable bonds is 3. The van der Waals surface area contributed by atoms with Crippen molar-refractivity contribution in [3.05, 3.63) is 18.1 Å². The third-order valence-electron chi connectivity index (χ3n) is 4.60. The van der Waals surface area contributed by atoms with Gasteiger partial charge in [-0.05, 0) is 16.7 Å². The van der Waals surface area contributed by atoms with E-state index >= 15 is 0 Å². The molecule has 1 N–H and O–H groups in total. The van der Waals surface area contributed by atoms with E-state index in [2.05, 4.69) is 43.0 Å². The number of aromatic nitrogens is 2. The van der Waals surface area contributed by atoms with Crippen LogP contribution in [-0.2, 0) is 0 Å². The highest BCUT2D eigenvalue weighted by Gasteiger charge is 2.64. The van der Waals surface area contributed by atoms with Crippen molar-refractivity contribution in [1.82, 2.24) is 9.97 Å². The first-order valence-electron chi connectivity index (χ1n) is 5.86. The number of anilines is 1.